The van der Waals surface area contributed by atoms with E-state index in [0.717, 1.165) is 29.0 Å². The van der Waals surface area contributed by atoms with Crippen molar-refractivity contribution in [3.05, 3.63) is 29.0 Å². The Balaban J connectivity index is 0.000000136. The fraction of sp³-hybridized carbons (Fsp3) is 0.533. The van der Waals surface area contributed by atoms with Gasteiger partial charge in [-0.1, -0.05) is 0 Å². The Morgan fingerprint density at radius 1 is 1.09 bits per heavy atom. The number of carbonyl (C=O) groups is 1. The monoisotopic (exact) mass is 478 g/mol. The van der Waals surface area contributed by atoms with Gasteiger partial charge in [0.2, 0.25) is 0 Å². The summed E-state index contributed by atoms with van der Waals surface area (Å²) in [5.41, 5.74) is 2.13. The molecule has 2 aromatic rings. The lowest BCUT2D eigenvalue weighted by Gasteiger charge is -1.92. The molecule has 2 heterocycles. The number of carbonyl (C=O) groups excluding carboxylic acids is 1. The lowest BCUT2D eigenvalue weighted by Crippen LogP contribution is -1.93. The zero-order valence-corrected chi connectivity index (χ0v) is 17.3. The van der Waals surface area contributed by atoms with Gasteiger partial charge >= 0.3 is 0 Å². The molecule has 0 unspecified atom stereocenters. The molecule has 0 radical (unpaired) electrons. The highest BCUT2D eigenvalue weighted by Crippen LogP contribution is 2.44. The van der Waals surface area contributed by atoms with Gasteiger partial charge in [-0.2, -0.15) is 0 Å². The summed E-state index contributed by atoms with van der Waals surface area (Å²) >= 11 is 9.60. The molecule has 124 valence electrons. The second-order valence-corrected chi connectivity index (χ2v) is 10.4. The maximum Gasteiger partial charge on any atom is 0.171 e. The predicted molar refractivity (Wildman–Crippen MR) is 99.5 cm³/mol. The number of aromatic nitrogens is 2. The van der Waals surface area contributed by atoms with Crippen molar-refractivity contribution in [1.29, 1.82) is 0 Å². The van der Waals surface area contributed by atoms with E-state index in [-0.39, 0.29) is 12.4 Å². The fourth-order valence-electron chi connectivity index (χ4n) is 2.31. The van der Waals surface area contributed by atoms with E-state index >= 15 is 0 Å². The third kappa shape index (κ3) is 4.48. The number of thiazole rings is 2. The molecule has 4 rings (SSSR count). The smallest absolute Gasteiger partial charge is 0.171 e. The van der Waals surface area contributed by atoms with Crippen LogP contribution in [0.5, 0.6) is 0 Å². The van der Waals surface area contributed by atoms with E-state index in [1.807, 2.05) is 0 Å². The van der Waals surface area contributed by atoms with Crippen LogP contribution in [0.25, 0.3) is 0 Å². The van der Waals surface area contributed by atoms with Gasteiger partial charge in [-0.15, -0.1) is 22.7 Å². The second-order valence-electron chi connectivity index (χ2n) is 5.72. The van der Waals surface area contributed by atoms with Crippen LogP contribution in [-0.2, 0) is 6.61 Å². The van der Waals surface area contributed by atoms with Crippen LogP contribution < -0.4 is 0 Å². The van der Waals surface area contributed by atoms with Crippen LogP contribution in [-0.4, -0.2) is 20.9 Å². The Morgan fingerprint density at radius 3 is 2.13 bits per heavy atom. The lowest BCUT2D eigenvalue weighted by molar-refractivity contribution is 0.102. The number of halogens is 2. The molecule has 23 heavy (non-hydrogen) atoms. The van der Waals surface area contributed by atoms with Gasteiger partial charge in [-0.3, -0.25) is 4.79 Å². The SMILES string of the molecule is CC(=O)c1sc(Br)nc1C1CC1.OCc1sc(Br)nc1C1CC1. The molecule has 0 atom stereocenters. The Bertz CT molecular complexity index is 721. The summed E-state index contributed by atoms with van der Waals surface area (Å²) in [6.45, 7) is 1.74. The van der Waals surface area contributed by atoms with Crippen molar-refractivity contribution in [2.24, 2.45) is 0 Å². The number of hydrogen-bond donors (Lipinski definition) is 1. The van der Waals surface area contributed by atoms with Crippen LogP contribution in [0, 0.1) is 0 Å². The normalized spacial score (nSPS) is 16.9. The summed E-state index contributed by atoms with van der Waals surface area (Å²) in [5.74, 6) is 1.34. The summed E-state index contributed by atoms with van der Waals surface area (Å²) in [7, 11) is 0. The van der Waals surface area contributed by atoms with Gasteiger partial charge in [-0.05, 0) is 57.5 Å². The van der Waals surface area contributed by atoms with Crippen molar-refractivity contribution in [3.63, 3.8) is 0 Å². The first-order chi connectivity index (χ1) is 11.0. The van der Waals surface area contributed by atoms with Crippen molar-refractivity contribution in [1.82, 2.24) is 9.97 Å². The number of rotatable bonds is 4. The maximum atomic E-state index is 11.2. The highest BCUT2D eigenvalue weighted by atomic mass is 79.9. The zero-order valence-electron chi connectivity index (χ0n) is 12.5. The average molecular weight is 480 g/mol. The minimum absolute atomic E-state index is 0.134. The molecule has 2 fully saturated rings. The average Bonchev–Trinajstić information content (AvgIpc) is 3.43. The first kappa shape index (κ1) is 17.7. The molecule has 4 nitrogen and oxygen atoms in total. The van der Waals surface area contributed by atoms with Crippen molar-refractivity contribution in [3.8, 4) is 0 Å². The number of aliphatic hydroxyl groups excluding tert-OH is 1. The van der Waals surface area contributed by atoms with Gasteiger partial charge in [0.15, 0.2) is 13.6 Å². The van der Waals surface area contributed by atoms with E-state index in [0.29, 0.717) is 11.8 Å². The van der Waals surface area contributed by atoms with Crippen molar-refractivity contribution < 1.29 is 9.90 Å². The Hall–Kier alpha value is -0.150. The molecule has 2 aliphatic carbocycles. The lowest BCUT2D eigenvalue weighted by atomic mass is 10.2. The summed E-state index contributed by atoms with van der Waals surface area (Å²) in [6.07, 6.45) is 4.86. The Morgan fingerprint density at radius 2 is 1.61 bits per heavy atom. The predicted octanol–water partition coefficient (Wildman–Crippen LogP) is 5.26. The van der Waals surface area contributed by atoms with E-state index < -0.39 is 0 Å². The van der Waals surface area contributed by atoms with E-state index in [4.69, 9.17) is 5.11 Å². The van der Waals surface area contributed by atoms with Crippen molar-refractivity contribution in [2.75, 3.05) is 0 Å². The van der Waals surface area contributed by atoms with E-state index in [1.165, 1.54) is 48.4 Å². The summed E-state index contributed by atoms with van der Waals surface area (Å²) < 4.78 is 1.72. The van der Waals surface area contributed by atoms with Gasteiger partial charge in [0.25, 0.3) is 0 Å². The molecule has 1 N–H and O–H groups in total. The van der Waals surface area contributed by atoms with Crippen LogP contribution in [0.15, 0.2) is 7.83 Å². The molecule has 0 spiro atoms. The minimum atomic E-state index is 0.134. The van der Waals surface area contributed by atoms with Gasteiger partial charge < -0.3 is 5.11 Å². The molecule has 0 bridgehead atoms. The van der Waals surface area contributed by atoms with E-state index in [9.17, 15) is 4.79 Å². The third-order valence-electron chi connectivity index (χ3n) is 3.72. The molecule has 0 aromatic carbocycles. The van der Waals surface area contributed by atoms with Crippen LogP contribution in [0.2, 0.25) is 0 Å². The molecule has 2 saturated carbocycles. The standard InChI is InChI=1S/C8H8BrNOS.C7H8BrNOS/c1-4(11)7-6(5-2-3-5)10-8(9)12-7;8-7-9-6(4-1-2-4)5(3-10)11-7/h5H,2-3H2,1H3;4,10H,1-3H2. The van der Waals surface area contributed by atoms with Crippen LogP contribution in [0.3, 0.4) is 0 Å². The second kappa shape index (κ2) is 7.39. The maximum absolute atomic E-state index is 11.2. The van der Waals surface area contributed by atoms with Gasteiger partial charge in [0.05, 0.1) is 27.7 Å². The molecule has 0 saturated heterocycles. The summed E-state index contributed by atoms with van der Waals surface area (Å²) in [6, 6.07) is 0. The van der Waals surface area contributed by atoms with Crippen LogP contribution >= 0.6 is 54.5 Å². The number of aliphatic hydroxyl groups is 1. The number of hydrogen-bond acceptors (Lipinski definition) is 6. The molecule has 0 amide bonds. The first-order valence-electron chi connectivity index (χ1n) is 7.42. The third-order valence-corrected chi connectivity index (χ3v) is 6.85. The molecule has 2 aromatic heterocycles. The van der Waals surface area contributed by atoms with Crippen molar-refractivity contribution >= 4 is 60.3 Å². The summed E-state index contributed by atoms with van der Waals surface area (Å²) in [5, 5.41) is 8.96. The van der Waals surface area contributed by atoms with Crippen LogP contribution in [0.1, 0.15) is 70.4 Å². The Kier molecular flexibility index (Phi) is 5.68. The molecule has 0 aliphatic heterocycles. The number of Topliss-reactive ketones (excluding diaryl/α,β-unsaturated/α-hetero) is 1. The van der Waals surface area contributed by atoms with E-state index in [2.05, 4.69) is 41.8 Å². The number of ketones is 1. The fourth-order valence-corrected chi connectivity index (χ4v) is 5.27. The van der Waals surface area contributed by atoms with Gasteiger partial charge in [0, 0.05) is 18.8 Å². The Labute approximate surface area is 159 Å². The molecular weight excluding hydrogens is 464 g/mol. The minimum Gasteiger partial charge on any atom is -0.391 e. The van der Waals surface area contributed by atoms with Crippen molar-refractivity contribution in [2.45, 2.75) is 51.0 Å². The topological polar surface area (TPSA) is 63.1 Å². The van der Waals surface area contributed by atoms with Gasteiger partial charge in [-0.25, -0.2) is 9.97 Å². The molecular formula is C15H16Br2N2O2S2. The molecule has 2 aliphatic rings. The quantitative estimate of drug-likeness (QED) is 0.607. The zero-order chi connectivity index (χ0) is 16.6. The van der Waals surface area contributed by atoms with E-state index in [1.54, 1.807) is 6.92 Å². The molecule has 8 heteroatoms. The highest BCUT2D eigenvalue weighted by Gasteiger charge is 2.30. The van der Waals surface area contributed by atoms with Gasteiger partial charge in [0.1, 0.15) is 0 Å². The van der Waals surface area contributed by atoms with Crippen LogP contribution in [0.4, 0.5) is 0 Å². The summed E-state index contributed by atoms with van der Waals surface area (Å²) in [4.78, 5) is 21.7. The highest BCUT2D eigenvalue weighted by molar-refractivity contribution is 9.11. The first-order valence-corrected chi connectivity index (χ1v) is 10.6. The largest absolute Gasteiger partial charge is 0.391 e. The number of nitrogens with zero attached hydrogens (tertiary/aromatic N) is 2.